The summed E-state index contributed by atoms with van der Waals surface area (Å²) in [5.41, 5.74) is 3.58. The van der Waals surface area contributed by atoms with E-state index in [9.17, 15) is 4.79 Å². The summed E-state index contributed by atoms with van der Waals surface area (Å²) in [7, 11) is 0. The maximum Gasteiger partial charge on any atom is 0.281 e. The van der Waals surface area contributed by atoms with E-state index in [1.807, 2.05) is 66.7 Å². The lowest BCUT2D eigenvalue weighted by molar-refractivity contribution is 0.0947. The first-order valence-electron chi connectivity index (χ1n) is 10.2. The van der Waals surface area contributed by atoms with Gasteiger partial charge in [-0.25, -0.2) is 0 Å². The molecule has 0 atom stereocenters. The Labute approximate surface area is 182 Å². The number of benzene rings is 2. The molecule has 0 unspecified atom stereocenters. The molecule has 0 aliphatic rings. The Kier molecular flexibility index (Phi) is 5.62. The molecule has 6 nitrogen and oxygen atoms in total. The van der Waals surface area contributed by atoms with Crippen LogP contribution in [0, 0.1) is 0 Å². The molecule has 0 saturated heterocycles. The SMILES string of the molecule is CC(C)(C)c1ccc(C(=O)n2nc(-c3cccnc3)nc2NCc2ccccc2)cc1. The fourth-order valence-corrected chi connectivity index (χ4v) is 3.20. The Balaban J connectivity index is 1.67. The molecular weight excluding hydrogens is 386 g/mol. The summed E-state index contributed by atoms with van der Waals surface area (Å²) in [5.74, 6) is 0.606. The van der Waals surface area contributed by atoms with Crippen LogP contribution in [0.5, 0.6) is 0 Å². The molecule has 156 valence electrons. The molecule has 0 radical (unpaired) electrons. The van der Waals surface area contributed by atoms with Crippen LogP contribution >= 0.6 is 0 Å². The minimum atomic E-state index is -0.237. The van der Waals surface area contributed by atoms with Gasteiger partial charge in [0.1, 0.15) is 0 Å². The summed E-state index contributed by atoms with van der Waals surface area (Å²) in [4.78, 5) is 22.0. The number of aromatic nitrogens is 4. The molecule has 0 fully saturated rings. The van der Waals surface area contributed by atoms with E-state index in [0.717, 1.165) is 11.1 Å². The van der Waals surface area contributed by atoms with Crippen molar-refractivity contribution in [1.29, 1.82) is 0 Å². The predicted molar refractivity (Wildman–Crippen MR) is 122 cm³/mol. The first kappa shape index (κ1) is 20.5. The van der Waals surface area contributed by atoms with Crippen LogP contribution in [0.1, 0.15) is 42.3 Å². The second kappa shape index (κ2) is 8.52. The second-order valence-electron chi connectivity index (χ2n) is 8.38. The number of pyridine rings is 1. The Morgan fingerprint density at radius 3 is 2.35 bits per heavy atom. The number of hydrogen-bond donors (Lipinski definition) is 1. The predicted octanol–water partition coefficient (Wildman–Crippen LogP) is 4.94. The number of carbonyl (C=O) groups is 1. The first-order chi connectivity index (χ1) is 14.9. The van der Waals surface area contributed by atoms with Crippen molar-refractivity contribution in [1.82, 2.24) is 19.7 Å². The number of nitrogens with one attached hydrogen (secondary N) is 1. The number of anilines is 1. The van der Waals surface area contributed by atoms with Crippen molar-refractivity contribution in [3.63, 3.8) is 0 Å². The van der Waals surface area contributed by atoms with Gasteiger partial charge < -0.3 is 5.32 Å². The van der Waals surface area contributed by atoms with E-state index in [-0.39, 0.29) is 11.3 Å². The lowest BCUT2D eigenvalue weighted by Crippen LogP contribution is -2.18. The molecule has 4 rings (SSSR count). The van der Waals surface area contributed by atoms with Gasteiger partial charge >= 0.3 is 0 Å². The highest BCUT2D eigenvalue weighted by atomic mass is 16.2. The van der Waals surface area contributed by atoms with Gasteiger partial charge in [0, 0.05) is 30.1 Å². The van der Waals surface area contributed by atoms with Gasteiger partial charge in [0.15, 0.2) is 5.82 Å². The average Bonchev–Trinajstić information content (AvgIpc) is 3.22. The first-order valence-corrected chi connectivity index (χ1v) is 10.2. The molecule has 0 bridgehead atoms. The Morgan fingerprint density at radius 1 is 0.968 bits per heavy atom. The third kappa shape index (κ3) is 4.69. The molecular formula is C25H25N5O. The van der Waals surface area contributed by atoms with Crippen molar-refractivity contribution in [2.75, 3.05) is 5.32 Å². The van der Waals surface area contributed by atoms with Crippen LogP contribution in [0.15, 0.2) is 79.1 Å². The minimum Gasteiger partial charge on any atom is -0.350 e. The lowest BCUT2D eigenvalue weighted by Gasteiger charge is -2.19. The Bertz CT molecular complexity index is 1160. The van der Waals surface area contributed by atoms with Gasteiger partial charge in [-0.3, -0.25) is 9.78 Å². The summed E-state index contributed by atoms with van der Waals surface area (Å²) in [6.07, 6.45) is 3.38. The monoisotopic (exact) mass is 411 g/mol. The van der Waals surface area contributed by atoms with Crippen molar-refractivity contribution >= 4 is 11.9 Å². The summed E-state index contributed by atoms with van der Waals surface area (Å²) < 4.78 is 1.33. The standard InChI is InChI=1S/C25H25N5O/c1-25(2,3)21-13-11-19(12-14-21)23(31)30-24(27-16-18-8-5-4-6-9-18)28-22(29-30)20-10-7-15-26-17-20/h4-15,17H,16H2,1-3H3,(H,27,28,29). The second-order valence-corrected chi connectivity index (χ2v) is 8.38. The fraction of sp³-hybridized carbons (Fsp3) is 0.200. The van der Waals surface area contributed by atoms with Gasteiger partial charge in [-0.15, -0.1) is 5.10 Å². The van der Waals surface area contributed by atoms with Crippen LogP contribution in [-0.2, 0) is 12.0 Å². The smallest absolute Gasteiger partial charge is 0.281 e. The molecule has 2 aromatic heterocycles. The van der Waals surface area contributed by atoms with E-state index in [1.54, 1.807) is 12.4 Å². The zero-order valence-electron chi connectivity index (χ0n) is 17.9. The summed E-state index contributed by atoms with van der Waals surface area (Å²) in [5, 5.41) is 7.75. The van der Waals surface area contributed by atoms with E-state index in [4.69, 9.17) is 0 Å². The summed E-state index contributed by atoms with van der Waals surface area (Å²) in [6, 6.07) is 21.3. The molecule has 2 heterocycles. The maximum absolute atomic E-state index is 13.3. The van der Waals surface area contributed by atoms with Crippen LogP contribution in [0.25, 0.3) is 11.4 Å². The van der Waals surface area contributed by atoms with Gasteiger partial charge in [0.2, 0.25) is 5.95 Å². The summed E-state index contributed by atoms with van der Waals surface area (Å²) in [6.45, 7) is 6.97. The number of carbonyl (C=O) groups excluding carboxylic acids is 1. The molecule has 0 aliphatic carbocycles. The quantitative estimate of drug-likeness (QED) is 0.504. The van der Waals surface area contributed by atoms with E-state index >= 15 is 0 Å². The Hall–Kier alpha value is -3.80. The number of hydrogen-bond acceptors (Lipinski definition) is 5. The molecule has 0 aliphatic heterocycles. The van der Waals surface area contributed by atoms with Gasteiger partial charge in [-0.2, -0.15) is 9.67 Å². The van der Waals surface area contributed by atoms with Crippen molar-refractivity contribution in [2.45, 2.75) is 32.7 Å². The van der Waals surface area contributed by atoms with Crippen molar-refractivity contribution in [3.8, 4) is 11.4 Å². The van der Waals surface area contributed by atoms with Crippen molar-refractivity contribution < 1.29 is 4.79 Å². The van der Waals surface area contributed by atoms with E-state index in [2.05, 4.69) is 41.2 Å². The fourth-order valence-electron chi connectivity index (χ4n) is 3.20. The molecule has 31 heavy (non-hydrogen) atoms. The average molecular weight is 412 g/mol. The zero-order chi connectivity index (χ0) is 21.8. The maximum atomic E-state index is 13.3. The van der Waals surface area contributed by atoms with Crippen LogP contribution in [0.3, 0.4) is 0 Å². The third-order valence-corrected chi connectivity index (χ3v) is 5.01. The normalized spacial score (nSPS) is 11.3. The van der Waals surface area contributed by atoms with E-state index in [0.29, 0.717) is 23.9 Å². The lowest BCUT2D eigenvalue weighted by atomic mass is 9.87. The largest absolute Gasteiger partial charge is 0.350 e. The topological polar surface area (TPSA) is 72.7 Å². The number of rotatable bonds is 5. The summed E-state index contributed by atoms with van der Waals surface area (Å²) >= 11 is 0. The van der Waals surface area contributed by atoms with E-state index < -0.39 is 0 Å². The highest BCUT2D eigenvalue weighted by molar-refractivity contribution is 5.97. The minimum absolute atomic E-state index is 0.0186. The molecule has 6 heteroatoms. The molecule has 4 aromatic rings. The van der Waals surface area contributed by atoms with Crippen LogP contribution < -0.4 is 5.32 Å². The van der Waals surface area contributed by atoms with Gasteiger partial charge in [-0.05, 0) is 40.8 Å². The van der Waals surface area contributed by atoms with Gasteiger partial charge in [0.05, 0.1) is 0 Å². The third-order valence-electron chi connectivity index (χ3n) is 5.01. The molecule has 2 aromatic carbocycles. The van der Waals surface area contributed by atoms with Gasteiger partial charge in [0.25, 0.3) is 5.91 Å². The highest BCUT2D eigenvalue weighted by Gasteiger charge is 2.20. The molecule has 1 N–H and O–H groups in total. The van der Waals surface area contributed by atoms with Crippen molar-refractivity contribution in [3.05, 3.63) is 95.8 Å². The van der Waals surface area contributed by atoms with Gasteiger partial charge in [-0.1, -0.05) is 63.2 Å². The van der Waals surface area contributed by atoms with Crippen LogP contribution in [-0.4, -0.2) is 25.7 Å². The zero-order valence-corrected chi connectivity index (χ0v) is 17.9. The number of nitrogens with zero attached hydrogens (tertiary/aromatic N) is 4. The van der Waals surface area contributed by atoms with E-state index in [1.165, 1.54) is 10.2 Å². The molecule has 0 spiro atoms. The molecule has 0 saturated carbocycles. The Morgan fingerprint density at radius 2 is 1.71 bits per heavy atom. The van der Waals surface area contributed by atoms with Crippen molar-refractivity contribution in [2.24, 2.45) is 0 Å². The van der Waals surface area contributed by atoms with Crippen LogP contribution in [0.4, 0.5) is 5.95 Å². The van der Waals surface area contributed by atoms with Crippen LogP contribution in [0.2, 0.25) is 0 Å². The molecule has 0 amide bonds. The highest BCUT2D eigenvalue weighted by Crippen LogP contribution is 2.23.